The van der Waals surface area contributed by atoms with Crippen LogP contribution in [0.3, 0.4) is 0 Å². The summed E-state index contributed by atoms with van der Waals surface area (Å²) in [6.45, 7) is 4.92. The predicted octanol–water partition coefficient (Wildman–Crippen LogP) is 3.42. The van der Waals surface area contributed by atoms with Crippen LogP contribution in [0.1, 0.15) is 39.5 Å². The lowest BCUT2D eigenvalue weighted by atomic mass is 10.3. The number of hydrogen-bond acceptors (Lipinski definition) is 2. The van der Waals surface area contributed by atoms with Gasteiger partial charge in [0.25, 0.3) is 0 Å². The molecule has 1 aromatic rings. The van der Waals surface area contributed by atoms with Crippen LogP contribution in [0.5, 0.6) is 0 Å². The van der Waals surface area contributed by atoms with Crippen molar-refractivity contribution in [3.63, 3.8) is 0 Å². The third-order valence-electron chi connectivity index (χ3n) is 2.98. The standard InChI is InChI=1S/C14H22FNO2S/c1-3-5-11-16(12-6-4-2)19(17,18)14-10-8-7-9-13(14)15/h7-10H,3-6,11-12H2,1-2H3. The minimum absolute atomic E-state index is 0.220. The average Bonchev–Trinajstić information content (AvgIpc) is 2.39. The molecule has 0 fully saturated rings. The van der Waals surface area contributed by atoms with Crippen molar-refractivity contribution in [2.45, 2.75) is 44.4 Å². The van der Waals surface area contributed by atoms with Crippen LogP contribution in [0.2, 0.25) is 0 Å². The molecule has 19 heavy (non-hydrogen) atoms. The van der Waals surface area contributed by atoms with Crippen LogP contribution >= 0.6 is 0 Å². The second-order valence-corrected chi connectivity index (χ2v) is 6.45. The van der Waals surface area contributed by atoms with Crippen LogP contribution in [0, 0.1) is 5.82 Å². The summed E-state index contributed by atoms with van der Waals surface area (Å²) >= 11 is 0. The molecule has 1 aromatic carbocycles. The zero-order valence-electron chi connectivity index (χ0n) is 11.6. The SMILES string of the molecule is CCCCN(CCCC)S(=O)(=O)c1ccccc1F. The van der Waals surface area contributed by atoms with E-state index in [0.29, 0.717) is 13.1 Å². The first-order valence-electron chi connectivity index (χ1n) is 6.78. The highest BCUT2D eigenvalue weighted by Gasteiger charge is 2.26. The van der Waals surface area contributed by atoms with E-state index in [2.05, 4.69) is 0 Å². The van der Waals surface area contributed by atoms with Crippen molar-refractivity contribution in [1.82, 2.24) is 4.31 Å². The van der Waals surface area contributed by atoms with Crippen molar-refractivity contribution in [3.8, 4) is 0 Å². The maximum absolute atomic E-state index is 13.7. The van der Waals surface area contributed by atoms with Crippen molar-refractivity contribution < 1.29 is 12.8 Å². The second-order valence-electron chi connectivity index (χ2n) is 4.54. The van der Waals surface area contributed by atoms with Gasteiger partial charge in [-0.05, 0) is 25.0 Å². The van der Waals surface area contributed by atoms with Gasteiger partial charge in [0.05, 0.1) is 0 Å². The van der Waals surface area contributed by atoms with Gasteiger partial charge < -0.3 is 0 Å². The zero-order chi connectivity index (χ0) is 14.3. The molecule has 0 aliphatic carbocycles. The Morgan fingerprint density at radius 3 is 2.05 bits per heavy atom. The average molecular weight is 287 g/mol. The van der Waals surface area contributed by atoms with E-state index in [0.717, 1.165) is 25.7 Å². The number of benzene rings is 1. The molecule has 0 aromatic heterocycles. The maximum Gasteiger partial charge on any atom is 0.245 e. The summed E-state index contributed by atoms with van der Waals surface area (Å²) < 4.78 is 40.0. The molecular weight excluding hydrogens is 265 g/mol. The van der Waals surface area contributed by atoms with Crippen LogP contribution in [0.15, 0.2) is 29.2 Å². The highest BCUT2D eigenvalue weighted by Crippen LogP contribution is 2.20. The molecule has 5 heteroatoms. The number of rotatable bonds is 8. The molecule has 0 saturated carbocycles. The largest absolute Gasteiger partial charge is 0.245 e. The van der Waals surface area contributed by atoms with E-state index in [1.54, 1.807) is 6.07 Å². The molecule has 0 heterocycles. The first kappa shape index (κ1) is 16.1. The van der Waals surface area contributed by atoms with E-state index in [-0.39, 0.29) is 4.90 Å². The van der Waals surface area contributed by atoms with E-state index < -0.39 is 15.8 Å². The molecule has 1 rings (SSSR count). The molecular formula is C14H22FNO2S. The number of halogens is 1. The van der Waals surface area contributed by atoms with Gasteiger partial charge in [-0.1, -0.05) is 38.8 Å². The predicted molar refractivity (Wildman–Crippen MR) is 75.0 cm³/mol. The molecule has 0 unspecified atom stereocenters. The van der Waals surface area contributed by atoms with Gasteiger partial charge in [-0.3, -0.25) is 0 Å². The number of nitrogens with zero attached hydrogens (tertiary/aromatic N) is 1. The Balaban J connectivity index is 3.01. The Kier molecular flexibility index (Phi) is 6.45. The quantitative estimate of drug-likeness (QED) is 0.734. The van der Waals surface area contributed by atoms with Gasteiger partial charge in [0.15, 0.2) is 0 Å². The lowest BCUT2D eigenvalue weighted by molar-refractivity contribution is 0.392. The van der Waals surface area contributed by atoms with Crippen molar-refractivity contribution in [2.24, 2.45) is 0 Å². The van der Waals surface area contributed by atoms with Crippen LogP contribution in [-0.4, -0.2) is 25.8 Å². The van der Waals surface area contributed by atoms with Crippen molar-refractivity contribution in [3.05, 3.63) is 30.1 Å². The van der Waals surface area contributed by atoms with Crippen LogP contribution in [0.25, 0.3) is 0 Å². The summed E-state index contributed by atoms with van der Waals surface area (Å²) in [5.74, 6) is -0.680. The van der Waals surface area contributed by atoms with Gasteiger partial charge in [-0.15, -0.1) is 0 Å². The molecule has 0 bridgehead atoms. The Hall–Kier alpha value is -0.940. The van der Waals surface area contributed by atoms with Gasteiger partial charge in [-0.2, -0.15) is 4.31 Å². The molecule has 0 aliphatic heterocycles. The minimum atomic E-state index is -3.72. The van der Waals surface area contributed by atoms with E-state index in [4.69, 9.17) is 0 Å². The van der Waals surface area contributed by atoms with Gasteiger partial charge >= 0.3 is 0 Å². The first-order chi connectivity index (χ1) is 9.04. The van der Waals surface area contributed by atoms with Crippen molar-refractivity contribution >= 4 is 10.0 Å². The summed E-state index contributed by atoms with van der Waals surface area (Å²) in [4.78, 5) is -0.220. The molecule has 0 amide bonds. The fraction of sp³-hybridized carbons (Fsp3) is 0.571. The minimum Gasteiger partial charge on any atom is -0.207 e. The van der Waals surface area contributed by atoms with E-state index in [1.165, 1.54) is 22.5 Å². The molecule has 0 atom stereocenters. The molecule has 108 valence electrons. The third-order valence-corrected chi connectivity index (χ3v) is 4.91. The highest BCUT2D eigenvalue weighted by molar-refractivity contribution is 7.89. The van der Waals surface area contributed by atoms with Crippen molar-refractivity contribution in [1.29, 1.82) is 0 Å². The van der Waals surface area contributed by atoms with Gasteiger partial charge in [0, 0.05) is 13.1 Å². The lowest BCUT2D eigenvalue weighted by Crippen LogP contribution is -2.33. The molecule has 0 radical (unpaired) electrons. The zero-order valence-corrected chi connectivity index (χ0v) is 12.4. The number of unbranched alkanes of at least 4 members (excludes halogenated alkanes) is 2. The summed E-state index contributed by atoms with van der Waals surface area (Å²) in [7, 11) is -3.72. The smallest absolute Gasteiger partial charge is 0.207 e. The van der Waals surface area contributed by atoms with Crippen molar-refractivity contribution in [2.75, 3.05) is 13.1 Å². The van der Waals surface area contributed by atoms with Crippen LogP contribution < -0.4 is 0 Å². The van der Waals surface area contributed by atoms with E-state index in [9.17, 15) is 12.8 Å². The number of sulfonamides is 1. The molecule has 3 nitrogen and oxygen atoms in total. The Morgan fingerprint density at radius 1 is 1.05 bits per heavy atom. The molecule has 0 saturated heterocycles. The molecule has 0 aliphatic rings. The van der Waals surface area contributed by atoms with Gasteiger partial charge in [0.2, 0.25) is 10.0 Å². The summed E-state index contributed by atoms with van der Waals surface area (Å²) in [5.41, 5.74) is 0. The van der Waals surface area contributed by atoms with Gasteiger partial charge in [0.1, 0.15) is 10.7 Å². The Bertz CT molecular complexity index is 480. The highest BCUT2D eigenvalue weighted by atomic mass is 32.2. The summed E-state index contributed by atoms with van der Waals surface area (Å²) in [5, 5.41) is 0. The van der Waals surface area contributed by atoms with E-state index >= 15 is 0 Å². The Labute approximate surface area is 115 Å². The molecule has 0 N–H and O–H groups in total. The van der Waals surface area contributed by atoms with Crippen LogP contribution in [-0.2, 0) is 10.0 Å². The monoisotopic (exact) mass is 287 g/mol. The van der Waals surface area contributed by atoms with Crippen LogP contribution in [0.4, 0.5) is 4.39 Å². The summed E-state index contributed by atoms with van der Waals surface area (Å²) in [6, 6.07) is 5.56. The lowest BCUT2D eigenvalue weighted by Gasteiger charge is -2.22. The Morgan fingerprint density at radius 2 is 1.58 bits per heavy atom. The number of hydrogen-bond donors (Lipinski definition) is 0. The topological polar surface area (TPSA) is 37.4 Å². The fourth-order valence-corrected chi connectivity index (χ4v) is 3.40. The fourth-order valence-electron chi connectivity index (χ4n) is 1.81. The summed E-state index contributed by atoms with van der Waals surface area (Å²) in [6.07, 6.45) is 3.40. The third kappa shape index (κ3) is 4.28. The maximum atomic E-state index is 13.7. The second kappa shape index (κ2) is 7.60. The van der Waals surface area contributed by atoms with Gasteiger partial charge in [-0.25, -0.2) is 12.8 Å². The molecule has 0 spiro atoms. The first-order valence-corrected chi connectivity index (χ1v) is 8.22. The van der Waals surface area contributed by atoms with E-state index in [1.807, 2.05) is 13.8 Å². The normalized spacial score (nSPS) is 12.0.